The number of piperidine rings is 1. The molecule has 1 fully saturated rings. The summed E-state index contributed by atoms with van der Waals surface area (Å²) in [5.41, 5.74) is 1.56. The number of hydrogen-bond acceptors (Lipinski definition) is 3. The molecular formula is C17H23N3O2. The van der Waals surface area contributed by atoms with Crippen LogP contribution in [0.15, 0.2) is 30.5 Å². The lowest BCUT2D eigenvalue weighted by atomic mass is 10.0. The monoisotopic (exact) mass is 301 g/mol. The number of aliphatic hydroxyl groups excluding tert-OH is 1. The molecule has 1 aliphatic heterocycles. The van der Waals surface area contributed by atoms with Gasteiger partial charge in [-0.25, -0.2) is 0 Å². The van der Waals surface area contributed by atoms with E-state index in [1.54, 1.807) is 0 Å². The van der Waals surface area contributed by atoms with Crippen molar-refractivity contribution in [1.29, 1.82) is 0 Å². The second kappa shape index (κ2) is 6.94. The maximum atomic E-state index is 12.4. The number of hydrogen-bond donors (Lipinski definition) is 3. The highest BCUT2D eigenvalue weighted by Gasteiger charge is 2.21. The molecule has 0 unspecified atom stereocenters. The predicted molar refractivity (Wildman–Crippen MR) is 86.9 cm³/mol. The minimum Gasteiger partial charge on any atom is -0.395 e. The van der Waals surface area contributed by atoms with E-state index in [-0.39, 0.29) is 18.6 Å². The number of carbonyl (C=O) groups excluding carboxylic acids is 1. The molecule has 5 heteroatoms. The van der Waals surface area contributed by atoms with Crippen LogP contribution in [0.25, 0.3) is 10.9 Å². The molecule has 2 heterocycles. The van der Waals surface area contributed by atoms with Crippen LogP contribution in [0.3, 0.4) is 0 Å². The second-order valence-corrected chi connectivity index (χ2v) is 5.87. The van der Waals surface area contributed by atoms with E-state index in [4.69, 9.17) is 0 Å². The third-order valence-electron chi connectivity index (χ3n) is 4.48. The zero-order valence-electron chi connectivity index (χ0n) is 12.7. The van der Waals surface area contributed by atoms with Gasteiger partial charge in [0, 0.05) is 30.7 Å². The van der Waals surface area contributed by atoms with E-state index in [0.717, 1.165) is 30.4 Å². The summed E-state index contributed by atoms with van der Waals surface area (Å²) in [5.74, 6) is -0.0504. The van der Waals surface area contributed by atoms with Crippen LogP contribution in [0, 0.1) is 0 Å². The molecule has 0 radical (unpaired) electrons. The molecule has 1 aliphatic rings. The van der Waals surface area contributed by atoms with Crippen molar-refractivity contribution in [3.8, 4) is 0 Å². The van der Waals surface area contributed by atoms with E-state index in [9.17, 15) is 9.90 Å². The molecule has 0 aliphatic carbocycles. The Labute approximate surface area is 130 Å². The van der Waals surface area contributed by atoms with E-state index in [1.165, 1.54) is 12.8 Å². The Morgan fingerprint density at radius 1 is 1.36 bits per heavy atom. The number of amides is 1. The topological polar surface area (TPSA) is 68.4 Å². The molecule has 1 aromatic carbocycles. The van der Waals surface area contributed by atoms with Crippen LogP contribution in [0.2, 0.25) is 0 Å². The van der Waals surface area contributed by atoms with Gasteiger partial charge in [0.2, 0.25) is 0 Å². The van der Waals surface area contributed by atoms with E-state index in [0.29, 0.717) is 12.1 Å². The van der Waals surface area contributed by atoms with Gasteiger partial charge in [-0.2, -0.15) is 0 Å². The van der Waals surface area contributed by atoms with Crippen LogP contribution in [0.4, 0.5) is 0 Å². The average molecular weight is 301 g/mol. The summed E-state index contributed by atoms with van der Waals surface area (Å²) in [4.78, 5) is 17.7. The Bertz CT molecular complexity index is 638. The summed E-state index contributed by atoms with van der Waals surface area (Å²) in [7, 11) is 0. The molecular weight excluding hydrogens is 278 g/mol. The second-order valence-electron chi connectivity index (χ2n) is 5.87. The number of H-pyrrole nitrogens is 1. The summed E-state index contributed by atoms with van der Waals surface area (Å²) < 4.78 is 0. The van der Waals surface area contributed by atoms with E-state index < -0.39 is 0 Å². The van der Waals surface area contributed by atoms with Crippen LogP contribution in [0.1, 0.15) is 29.6 Å². The SMILES string of the molecule is O=C(NCCN1CCCC[C@H]1CO)c1cccc2cc[nH]c12. The number of fused-ring (bicyclic) bond motifs is 1. The van der Waals surface area contributed by atoms with Crippen molar-refractivity contribution in [2.45, 2.75) is 25.3 Å². The van der Waals surface area contributed by atoms with Crippen LogP contribution >= 0.6 is 0 Å². The summed E-state index contributed by atoms with van der Waals surface area (Å²) in [6, 6.07) is 7.94. The van der Waals surface area contributed by atoms with E-state index in [2.05, 4.69) is 15.2 Å². The van der Waals surface area contributed by atoms with Gasteiger partial charge in [0.15, 0.2) is 0 Å². The third-order valence-corrected chi connectivity index (χ3v) is 4.48. The molecule has 22 heavy (non-hydrogen) atoms. The molecule has 3 rings (SSSR count). The molecule has 1 amide bonds. The Morgan fingerprint density at radius 3 is 3.14 bits per heavy atom. The highest BCUT2D eigenvalue weighted by molar-refractivity contribution is 6.05. The lowest BCUT2D eigenvalue weighted by molar-refractivity contribution is 0.0850. The average Bonchev–Trinajstić information content (AvgIpc) is 3.03. The molecule has 2 aromatic rings. The van der Waals surface area contributed by atoms with E-state index >= 15 is 0 Å². The number of aromatic nitrogens is 1. The predicted octanol–water partition coefficient (Wildman–Crippen LogP) is 1.74. The number of aromatic amines is 1. The first-order valence-corrected chi connectivity index (χ1v) is 7.99. The molecule has 1 saturated heterocycles. The normalized spacial score (nSPS) is 19.4. The largest absolute Gasteiger partial charge is 0.395 e. The summed E-state index contributed by atoms with van der Waals surface area (Å²) in [5, 5.41) is 13.4. The quantitative estimate of drug-likeness (QED) is 0.788. The van der Waals surface area contributed by atoms with Crippen molar-refractivity contribution in [3.63, 3.8) is 0 Å². The fraction of sp³-hybridized carbons (Fsp3) is 0.471. The zero-order valence-corrected chi connectivity index (χ0v) is 12.7. The van der Waals surface area contributed by atoms with Crippen molar-refractivity contribution in [1.82, 2.24) is 15.2 Å². The van der Waals surface area contributed by atoms with Crippen molar-refractivity contribution in [2.24, 2.45) is 0 Å². The number of carbonyl (C=O) groups is 1. The summed E-state index contributed by atoms with van der Waals surface area (Å²) >= 11 is 0. The zero-order chi connectivity index (χ0) is 15.4. The van der Waals surface area contributed by atoms with Crippen molar-refractivity contribution < 1.29 is 9.90 Å². The van der Waals surface area contributed by atoms with Gasteiger partial charge in [-0.3, -0.25) is 9.69 Å². The first kappa shape index (κ1) is 15.1. The smallest absolute Gasteiger partial charge is 0.253 e. The van der Waals surface area contributed by atoms with E-state index in [1.807, 2.05) is 30.5 Å². The number of aliphatic hydroxyl groups is 1. The molecule has 1 aromatic heterocycles. The molecule has 5 nitrogen and oxygen atoms in total. The number of para-hydroxylation sites is 1. The first-order valence-electron chi connectivity index (χ1n) is 7.99. The van der Waals surface area contributed by atoms with Gasteiger partial charge in [0.05, 0.1) is 17.7 Å². The van der Waals surface area contributed by atoms with Gasteiger partial charge >= 0.3 is 0 Å². The highest BCUT2D eigenvalue weighted by atomic mass is 16.3. The molecule has 0 saturated carbocycles. The van der Waals surface area contributed by atoms with Gasteiger partial charge in [0.25, 0.3) is 5.91 Å². The minimum atomic E-state index is -0.0504. The van der Waals surface area contributed by atoms with Crippen LogP contribution in [0.5, 0.6) is 0 Å². The van der Waals surface area contributed by atoms with Gasteiger partial charge in [-0.1, -0.05) is 18.6 Å². The van der Waals surface area contributed by atoms with Gasteiger partial charge < -0.3 is 15.4 Å². The number of nitrogens with one attached hydrogen (secondary N) is 2. The Balaban J connectivity index is 1.57. The lowest BCUT2D eigenvalue weighted by Crippen LogP contribution is -2.45. The standard InChI is InChI=1S/C17H23N3O2/c21-12-14-5-1-2-10-20(14)11-9-19-17(22)15-6-3-4-13-7-8-18-16(13)15/h3-4,6-8,14,18,21H,1-2,5,9-12H2,(H,19,22)/t14-/m0/s1. The molecule has 3 N–H and O–H groups in total. The van der Waals surface area contributed by atoms with Crippen LogP contribution in [-0.2, 0) is 0 Å². The fourth-order valence-electron chi connectivity index (χ4n) is 3.24. The number of likely N-dealkylation sites (tertiary alicyclic amines) is 1. The Hall–Kier alpha value is -1.85. The van der Waals surface area contributed by atoms with Crippen LogP contribution < -0.4 is 5.32 Å². The number of benzene rings is 1. The number of rotatable bonds is 5. The maximum absolute atomic E-state index is 12.4. The molecule has 0 bridgehead atoms. The molecule has 1 atom stereocenters. The third kappa shape index (κ3) is 3.15. The first-order chi connectivity index (χ1) is 10.8. The van der Waals surface area contributed by atoms with Crippen molar-refractivity contribution in [2.75, 3.05) is 26.2 Å². The maximum Gasteiger partial charge on any atom is 0.253 e. The fourth-order valence-corrected chi connectivity index (χ4v) is 3.24. The lowest BCUT2D eigenvalue weighted by Gasteiger charge is -2.34. The summed E-state index contributed by atoms with van der Waals surface area (Å²) in [6.45, 7) is 2.60. The van der Waals surface area contributed by atoms with Gasteiger partial charge in [-0.05, 0) is 31.5 Å². The van der Waals surface area contributed by atoms with Crippen molar-refractivity contribution in [3.05, 3.63) is 36.0 Å². The summed E-state index contributed by atoms with van der Waals surface area (Å²) in [6.07, 6.45) is 5.25. The Kier molecular flexibility index (Phi) is 4.75. The van der Waals surface area contributed by atoms with Gasteiger partial charge in [-0.15, -0.1) is 0 Å². The van der Waals surface area contributed by atoms with Crippen LogP contribution in [-0.4, -0.2) is 53.2 Å². The number of nitrogens with zero attached hydrogens (tertiary/aromatic N) is 1. The minimum absolute atomic E-state index is 0.0504. The molecule has 118 valence electrons. The molecule has 0 spiro atoms. The highest BCUT2D eigenvalue weighted by Crippen LogP contribution is 2.17. The van der Waals surface area contributed by atoms with Crippen molar-refractivity contribution >= 4 is 16.8 Å². The Morgan fingerprint density at radius 2 is 2.27 bits per heavy atom. The van der Waals surface area contributed by atoms with Gasteiger partial charge in [0.1, 0.15) is 0 Å².